The predicted octanol–water partition coefficient (Wildman–Crippen LogP) is 0.572. The van der Waals surface area contributed by atoms with Gasteiger partial charge in [0.25, 0.3) is 0 Å². The molecule has 0 spiro atoms. The molecule has 0 amide bonds. The van der Waals surface area contributed by atoms with Crippen LogP contribution in [-0.2, 0) is 10.0 Å². The highest BCUT2D eigenvalue weighted by molar-refractivity contribution is 7.88. The highest BCUT2D eigenvalue weighted by Crippen LogP contribution is 2.09. The molecule has 0 aromatic heterocycles. The molecule has 0 aliphatic carbocycles. The lowest BCUT2D eigenvalue weighted by molar-refractivity contribution is 0.486. The molecule has 0 radical (unpaired) electrons. The molecule has 0 heterocycles. The van der Waals surface area contributed by atoms with Gasteiger partial charge in [-0.3, -0.25) is 0 Å². The maximum Gasteiger partial charge on any atom is 0.211 e. The number of hydrogen-bond acceptors (Lipinski definition) is 4. The van der Waals surface area contributed by atoms with Gasteiger partial charge in [-0.15, -0.1) is 0 Å². The van der Waals surface area contributed by atoms with Gasteiger partial charge in [-0.05, 0) is 24.3 Å². The highest BCUT2D eigenvalue weighted by atomic mass is 32.2. The van der Waals surface area contributed by atoms with Crippen molar-refractivity contribution < 1.29 is 8.42 Å². The molecule has 1 aromatic carbocycles. The summed E-state index contributed by atoms with van der Waals surface area (Å²) in [7, 11) is -1.54. The smallest absolute Gasteiger partial charge is 0.211 e. The average molecular weight is 243 g/mol. The molecule has 3 N–H and O–H groups in total. The summed E-state index contributed by atoms with van der Waals surface area (Å²) in [4.78, 5) is 0. The van der Waals surface area contributed by atoms with Crippen molar-refractivity contribution in [3.05, 3.63) is 24.3 Å². The second-order valence-electron chi connectivity index (χ2n) is 3.63. The SMILES string of the molecule is CN(CCNc1ccc(N)cc1)S(C)(=O)=O. The maximum absolute atomic E-state index is 11.1. The van der Waals surface area contributed by atoms with Crippen molar-refractivity contribution in [1.29, 1.82) is 0 Å². The summed E-state index contributed by atoms with van der Waals surface area (Å²) in [5, 5.41) is 3.11. The van der Waals surface area contributed by atoms with E-state index in [9.17, 15) is 8.42 Å². The van der Waals surface area contributed by atoms with Gasteiger partial charge in [-0.1, -0.05) is 0 Å². The van der Waals surface area contributed by atoms with Crippen molar-refractivity contribution >= 4 is 21.4 Å². The number of rotatable bonds is 5. The fourth-order valence-corrected chi connectivity index (χ4v) is 1.55. The summed E-state index contributed by atoms with van der Waals surface area (Å²) in [6.07, 6.45) is 1.19. The topological polar surface area (TPSA) is 75.4 Å². The Bertz CT molecular complexity index is 428. The molecule has 0 fully saturated rings. The summed E-state index contributed by atoms with van der Waals surface area (Å²) in [5.41, 5.74) is 7.18. The van der Waals surface area contributed by atoms with E-state index in [1.54, 1.807) is 19.2 Å². The number of hydrogen-bond donors (Lipinski definition) is 2. The first-order valence-electron chi connectivity index (χ1n) is 4.90. The van der Waals surface area contributed by atoms with Crippen LogP contribution in [0.15, 0.2) is 24.3 Å². The van der Waals surface area contributed by atoms with E-state index >= 15 is 0 Å². The van der Waals surface area contributed by atoms with E-state index in [0.717, 1.165) is 5.69 Å². The van der Waals surface area contributed by atoms with Gasteiger partial charge in [-0.25, -0.2) is 12.7 Å². The number of benzene rings is 1. The highest BCUT2D eigenvalue weighted by Gasteiger charge is 2.09. The van der Waals surface area contributed by atoms with Crippen molar-refractivity contribution in [1.82, 2.24) is 4.31 Å². The van der Waals surface area contributed by atoms with Crippen LogP contribution in [-0.4, -0.2) is 39.1 Å². The molecule has 0 aliphatic heterocycles. The van der Waals surface area contributed by atoms with E-state index < -0.39 is 10.0 Å². The van der Waals surface area contributed by atoms with Crippen LogP contribution in [0.25, 0.3) is 0 Å². The molecule has 0 aliphatic rings. The molecule has 1 rings (SSSR count). The van der Waals surface area contributed by atoms with Crippen LogP contribution < -0.4 is 11.1 Å². The zero-order valence-corrected chi connectivity index (χ0v) is 10.3. The zero-order chi connectivity index (χ0) is 12.2. The quantitative estimate of drug-likeness (QED) is 0.741. The molecular formula is C10H17N3O2S. The summed E-state index contributed by atoms with van der Waals surface area (Å²) in [5.74, 6) is 0. The normalized spacial score (nSPS) is 11.7. The van der Waals surface area contributed by atoms with Crippen LogP contribution in [0.1, 0.15) is 0 Å². The van der Waals surface area contributed by atoms with Crippen LogP contribution in [0.5, 0.6) is 0 Å². The number of anilines is 2. The molecule has 0 unspecified atom stereocenters. The van der Waals surface area contributed by atoms with E-state index in [-0.39, 0.29) is 0 Å². The van der Waals surface area contributed by atoms with Gasteiger partial charge in [0.2, 0.25) is 10.0 Å². The second kappa shape index (κ2) is 5.18. The first-order chi connectivity index (χ1) is 7.39. The Morgan fingerprint density at radius 3 is 2.38 bits per heavy atom. The van der Waals surface area contributed by atoms with Crippen molar-refractivity contribution in [2.75, 3.05) is 37.4 Å². The summed E-state index contributed by atoms with van der Waals surface area (Å²) in [6, 6.07) is 7.30. The molecule has 5 nitrogen and oxygen atoms in total. The fourth-order valence-electron chi connectivity index (χ4n) is 1.12. The van der Waals surface area contributed by atoms with Gasteiger partial charge < -0.3 is 11.1 Å². The second-order valence-corrected chi connectivity index (χ2v) is 5.72. The summed E-state index contributed by atoms with van der Waals surface area (Å²) >= 11 is 0. The lowest BCUT2D eigenvalue weighted by Gasteiger charge is -2.14. The molecule has 16 heavy (non-hydrogen) atoms. The molecule has 0 bridgehead atoms. The van der Waals surface area contributed by atoms with Gasteiger partial charge in [-0.2, -0.15) is 0 Å². The molecule has 0 saturated heterocycles. The Balaban J connectivity index is 2.39. The molecular weight excluding hydrogens is 226 g/mol. The molecule has 0 saturated carbocycles. The molecule has 0 atom stereocenters. The first kappa shape index (κ1) is 12.8. The Kier molecular flexibility index (Phi) is 4.14. The largest absolute Gasteiger partial charge is 0.399 e. The monoisotopic (exact) mass is 243 g/mol. The summed E-state index contributed by atoms with van der Waals surface area (Å²) in [6.45, 7) is 0.997. The predicted molar refractivity (Wildman–Crippen MR) is 66.8 cm³/mol. The average Bonchev–Trinajstić information content (AvgIpc) is 2.19. The van der Waals surface area contributed by atoms with E-state index in [4.69, 9.17) is 5.73 Å². The van der Waals surface area contributed by atoms with Crippen LogP contribution in [0.2, 0.25) is 0 Å². The Hall–Kier alpha value is -1.27. The number of likely N-dealkylation sites (N-methyl/N-ethyl adjacent to an activating group) is 1. The maximum atomic E-state index is 11.1. The number of nitrogens with two attached hydrogens (primary N) is 1. The van der Waals surface area contributed by atoms with Crippen molar-refractivity contribution in [2.45, 2.75) is 0 Å². The first-order valence-corrected chi connectivity index (χ1v) is 6.75. The van der Waals surface area contributed by atoms with Crippen LogP contribution >= 0.6 is 0 Å². The van der Waals surface area contributed by atoms with Crippen LogP contribution in [0.3, 0.4) is 0 Å². The Labute approximate surface area is 96.3 Å². The standard InChI is InChI=1S/C10H17N3O2S/c1-13(16(2,14)15)8-7-12-10-5-3-9(11)4-6-10/h3-6,12H,7-8,11H2,1-2H3. The number of sulfonamides is 1. The van der Waals surface area contributed by atoms with Crippen LogP contribution in [0.4, 0.5) is 11.4 Å². The van der Waals surface area contributed by atoms with Gasteiger partial charge in [0.05, 0.1) is 6.26 Å². The summed E-state index contributed by atoms with van der Waals surface area (Å²) < 4.78 is 23.5. The zero-order valence-electron chi connectivity index (χ0n) is 9.47. The third-order valence-electron chi connectivity index (χ3n) is 2.23. The fraction of sp³-hybridized carbons (Fsp3) is 0.400. The molecule has 1 aromatic rings. The van der Waals surface area contributed by atoms with Crippen molar-refractivity contribution in [3.8, 4) is 0 Å². The van der Waals surface area contributed by atoms with Crippen molar-refractivity contribution in [2.24, 2.45) is 0 Å². The van der Waals surface area contributed by atoms with E-state index in [1.807, 2.05) is 12.1 Å². The Morgan fingerprint density at radius 1 is 1.31 bits per heavy atom. The van der Waals surface area contributed by atoms with Gasteiger partial charge in [0.1, 0.15) is 0 Å². The number of nitrogens with zero attached hydrogens (tertiary/aromatic N) is 1. The number of nitrogen functional groups attached to an aromatic ring is 1. The lowest BCUT2D eigenvalue weighted by atomic mass is 10.3. The Morgan fingerprint density at radius 2 is 1.88 bits per heavy atom. The van der Waals surface area contributed by atoms with Crippen molar-refractivity contribution in [3.63, 3.8) is 0 Å². The van der Waals surface area contributed by atoms with E-state index in [2.05, 4.69) is 5.32 Å². The minimum absolute atomic E-state index is 0.434. The van der Waals surface area contributed by atoms with Gasteiger partial charge in [0.15, 0.2) is 0 Å². The third kappa shape index (κ3) is 4.08. The van der Waals surface area contributed by atoms with E-state index in [1.165, 1.54) is 10.6 Å². The number of nitrogens with one attached hydrogen (secondary N) is 1. The van der Waals surface area contributed by atoms with Gasteiger partial charge >= 0.3 is 0 Å². The minimum atomic E-state index is -3.09. The molecule has 6 heteroatoms. The van der Waals surface area contributed by atoms with Crippen LogP contribution in [0, 0.1) is 0 Å². The third-order valence-corrected chi connectivity index (χ3v) is 3.55. The molecule has 90 valence electrons. The van der Waals surface area contributed by atoms with Gasteiger partial charge in [0, 0.05) is 31.5 Å². The van der Waals surface area contributed by atoms with E-state index in [0.29, 0.717) is 18.8 Å². The lowest BCUT2D eigenvalue weighted by Crippen LogP contribution is -2.30. The minimum Gasteiger partial charge on any atom is -0.399 e.